The normalized spacial score (nSPS) is 21.9. The first kappa shape index (κ1) is 28.1. The zero-order chi connectivity index (χ0) is 26.0. The molecular weight excluding hydrogens is 508 g/mol. The van der Waals surface area contributed by atoms with Gasteiger partial charge in [-0.15, -0.1) is 11.8 Å². The Morgan fingerprint density at radius 3 is 2.49 bits per heavy atom. The third-order valence-corrected chi connectivity index (χ3v) is 9.71. The summed E-state index contributed by atoms with van der Waals surface area (Å²) < 4.78 is 5.18. The summed E-state index contributed by atoms with van der Waals surface area (Å²) in [5.41, 5.74) is 0.639. The molecule has 4 rings (SSSR count). The lowest BCUT2D eigenvalue weighted by Crippen LogP contribution is -2.56. The molecule has 1 aromatic carbocycles. The number of methoxy groups -OCH3 is 1. The third-order valence-electron chi connectivity index (χ3n) is 7.49. The molecule has 2 heterocycles. The van der Waals surface area contributed by atoms with Gasteiger partial charge in [-0.05, 0) is 61.6 Å². The van der Waals surface area contributed by atoms with Crippen LogP contribution in [-0.4, -0.2) is 84.1 Å². The first-order chi connectivity index (χ1) is 18.0. The van der Waals surface area contributed by atoms with Crippen LogP contribution in [0.1, 0.15) is 55.3 Å². The number of ether oxygens (including phenoxy) is 1. The molecule has 3 fully saturated rings. The quantitative estimate of drug-likeness (QED) is 0.414. The van der Waals surface area contributed by atoms with Gasteiger partial charge in [-0.2, -0.15) is 11.8 Å². The van der Waals surface area contributed by atoms with E-state index in [1.165, 1.54) is 32.1 Å². The van der Waals surface area contributed by atoms with E-state index in [0.29, 0.717) is 37.2 Å². The molecule has 1 saturated carbocycles. The summed E-state index contributed by atoms with van der Waals surface area (Å²) >= 11 is 3.48. The fourth-order valence-corrected chi connectivity index (χ4v) is 7.39. The number of carbonyl (C=O) groups excluding carboxylic acids is 3. The fraction of sp³-hybridized carbons (Fsp3) is 0.667. The van der Waals surface area contributed by atoms with E-state index in [4.69, 9.17) is 4.74 Å². The number of nitrogens with one attached hydrogen (secondary N) is 3. The highest BCUT2D eigenvalue weighted by Crippen LogP contribution is 2.27. The number of hydrogen-bond donors (Lipinski definition) is 3. The van der Waals surface area contributed by atoms with E-state index in [1.54, 1.807) is 54.9 Å². The van der Waals surface area contributed by atoms with Crippen molar-refractivity contribution in [3.8, 4) is 5.75 Å². The van der Waals surface area contributed by atoms with Crippen LogP contribution in [0, 0.1) is 5.92 Å². The number of thioether (sulfide) groups is 2. The van der Waals surface area contributed by atoms with Gasteiger partial charge < -0.3 is 20.3 Å². The van der Waals surface area contributed by atoms with Gasteiger partial charge in [-0.1, -0.05) is 19.3 Å². The van der Waals surface area contributed by atoms with Crippen molar-refractivity contribution in [2.24, 2.45) is 5.92 Å². The number of carbonyl (C=O) groups is 3. The molecular formula is C27H40N4O4S2. The minimum absolute atomic E-state index is 0.00128. The monoisotopic (exact) mass is 548 g/mol. The summed E-state index contributed by atoms with van der Waals surface area (Å²) in [6.07, 6.45) is 7.88. The largest absolute Gasteiger partial charge is 0.497 e. The summed E-state index contributed by atoms with van der Waals surface area (Å²) in [5, 5.41) is 9.39. The average Bonchev–Trinajstić information content (AvgIpc) is 3.48. The summed E-state index contributed by atoms with van der Waals surface area (Å²) in [4.78, 5) is 40.8. The Morgan fingerprint density at radius 2 is 1.84 bits per heavy atom. The number of likely N-dealkylation sites (tertiary alicyclic amines) is 1. The number of rotatable bonds is 10. The number of hydrogen-bond acceptors (Lipinski definition) is 7. The van der Waals surface area contributed by atoms with Crippen molar-refractivity contribution in [1.82, 2.24) is 20.9 Å². The van der Waals surface area contributed by atoms with Gasteiger partial charge in [0, 0.05) is 42.1 Å². The van der Waals surface area contributed by atoms with Crippen LogP contribution in [0.5, 0.6) is 5.75 Å². The number of benzene rings is 1. The molecule has 0 aromatic heterocycles. The summed E-state index contributed by atoms with van der Waals surface area (Å²) in [5.74, 6) is 4.36. The van der Waals surface area contributed by atoms with E-state index < -0.39 is 6.04 Å². The van der Waals surface area contributed by atoms with E-state index >= 15 is 0 Å². The SMILES string of the molecule is COc1ccc(C(=O)N2CCC(NC(=O)C(CSCC3CCCCC3)NC(=O)[C@@H]3CSCN3)CC2)cc1. The molecule has 3 N–H and O–H groups in total. The average molecular weight is 549 g/mol. The second-order valence-electron chi connectivity index (χ2n) is 10.2. The highest BCUT2D eigenvalue weighted by Gasteiger charge is 2.30. The highest BCUT2D eigenvalue weighted by atomic mass is 32.2. The van der Waals surface area contributed by atoms with Crippen LogP contribution in [0.4, 0.5) is 0 Å². The van der Waals surface area contributed by atoms with Gasteiger partial charge in [0.15, 0.2) is 0 Å². The Morgan fingerprint density at radius 1 is 1.11 bits per heavy atom. The zero-order valence-electron chi connectivity index (χ0n) is 21.7. The molecule has 10 heteroatoms. The van der Waals surface area contributed by atoms with E-state index in [0.717, 1.165) is 29.0 Å². The van der Waals surface area contributed by atoms with Crippen LogP contribution < -0.4 is 20.7 Å². The highest BCUT2D eigenvalue weighted by molar-refractivity contribution is 7.99. The minimum atomic E-state index is -0.549. The predicted molar refractivity (Wildman–Crippen MR) is 150 cm³/mol. The van der Waals surface area contributed by atoms with Crippen LogP contribution in [-0.2, 0) is 9.59 Å². The Kier molecular flexibility index (Phi) is 10.9. The second kappa shape index (κ2) is 14.3. The first-order valence-electron chi connectivity index (χ1n) is 13.5. The van der Waals surface area contributed by atoms with Crippen molar-refractivity contribution < 1.29 is 19.1 Å². The molecule has 2 atom stereocenters. The topological polar surface area (TPSA) is 99.8 Å². The molecule has 1 aromatic rings. The van der Waals surface area contributed by atoms with Crippen LogP contribution in [0.2, 0.25) is 0 Å². The zero-order valence-corrected chi connectivity index (χ0v) is 23.3. The van der Waals surface area contributed by atoms with Crippen molar-refractivity contribution in [2.75, 3.05) is 43.3 Å². The third kappa shape index (κ3) is 8.29. The molecule has 0 bridgehead atoms. The molecule has 2 saturated heterocycles. The van der Waals surface area contributed by atoms with Gasteiger partial charge in [-0.25, -0.2) is 0 Å². The molecule has 204 valence electrons. The van der Waals surface area contributed by atoms with Gasteiger partial charge in [0.25, 0.3) is 5.91 Å². The summed E-state index contributed by atoms with van der Waals surface area (Å²) in [7, 11) is 1.60. The van der Waals surface area contributed by atoms with Gasteiger partial charge in [0.1, 0.15) is 11.8 Å². The smallest absolute Gasteiger partial charge is 0.253 e. The Labute approximate surface area is 228 Å². The van der Waals surface area contributed by atoms with Crippen LogP contribution >= 0.6 is 23.5 Å². The van der Waals surface area contributed by atoms with Crippen molar-refractivity contribution in [3.63, 3.8) is 0 Å². The maximum Gasteiger partial charge on any atom is 0.253 e. The lowest BCUT2D eigenvalue weighted by atomic mass is 9.91. The molecule has 1 unspecified atom stereocenters. The molecule has 0 spiro atoms. The summed E-state index contributed by atoms with van der Waals surface area (Å²) in [6.45, 7) is 1.18. The molecule has 37 heavy (non-hydrogen) atoms. The Bertz CT molecular complexity index is 896. The maximum absolute atomic E-state index is 13.3. The number of amides is 3. The fourth-order valence-electron chi connectivity index (χ4n) is 5.17. The second-order valence-corrected chi connectivity index (χ2v) is 12.3. The van der Waals surface area contributed by atoms with Crippen LogP contribution in [0.25, 0.3) is 0 Å². The number of piperidine rings is 1. The van der Waals surface area contributed by atoms with Gasteiger partial charge >= 0.3 is 0 Å². The van der Waals surface area contributed by atoms with Crippen molar-refractivity contribution in [3.05, 3.63) is 29.8 Å². The minimum Gasteiger partial charge on any atom is -0.497 e. The Balaban J connectivity index is 1.27. The van der Waals surface area contributed by atoms with Gasteiger partial charge in [0.05, 0.1) is 13.2 Å². The molecule has 8 nitrogen and oxygen atoms in total. The molecule has 0 radical (unpaired) electrons. The standard InChI is InChI=1S/C27H40N4O4S2/c1-35-22-9-7-20(8-10-22)27(34)31-13-11-21(12-14-31)29-26(33)24(30-25(32)23-16-37-18-28-23)17-36-15-19-5-3-2-4-6-19/h7-10,19,21,23-24,28H,2-6,11-18H2,1H3,(H,29,33)(H,30,32)/t23-,24?/m0/s1. The molecule has 3 aliphatic rings. The molecule has 1 aliphatic carbocycles. The van der Waals surface area contributed by atoms with Crippen molar-refractivity contribution in [2.45, 2.75) is 63.1 Å². The first-order valence-corrected chi connectivity index (χ1v) is 15.8. The van der Waals surface area contributed by atoms with E-state index in [9.17, 15) is 14.4 Å². The Hall–Kier alpha value is -1.91. The van der Waals surface area contributed by atoms with E-state index in [2.05, 4.69) is 16.0 Å². The summed E-state index contributed by atoms with van der Waals surface area (Å²) in [6, 6.07) is 6.36. The van der Waals surface area contributed by atoms with Crippen LogP contribution in [0.3, 0.4) is 0 Å². The lowest BCUT2D eigenvalue weighted by Gasteiger charge is -2.33. The van der Waals surface area contributed by atoms with E-state index in [1.807, 2.05) is 4.90 Å². The van der Waals surface area contributed by atoms with Crippen molar-refractivity contribution >= 4 is 41.2 Å². The van der Waals surface area contributed by atoms with E-state index in [-0.39, 0.29) is 29.8 Å². The van der Waals surface area contributed by atoms with Gasteiger partial charge in [0.2, 0.25) is 11.8 Å². The maximum atomic E-state index is 13.3. The van der Waals surface area contributed by atoms with Crippen molar-refractivity contribution in [1.29, 1.82) is 0 Å². The molecule has 2 aliphatic heterocycles. The van der Waals surface area contributed by atoms with Gasteiger partial charge in [-0.3, -0.25) is 19.7 Å². The van der Waals surface area contributed by atoms with Crippen LogP contribution in [0.15, 0.2) is 24.3 Å². The molecule has 3 amide bonds. The number of nitrogens with zero attached hydrogens (tertiary/aromatic N) is 1. The predicted octanol–water partition coefficient (Wildman–Crippen LogP) is 2.88. The lowest BCUT2D eigenvalue weighted by molar-refractivity contribution is -0.129.